The summed E-state index contributed by atoms with van der Waals surface area (Å²) >= 11 is 5.67. The van der Waals surface area contributed by atoms with Crippen LogP contribution in [0.15, 0.2) is 12.1 Å². The van der Waals surface area contributed by atoms with Crippen LogP contribution < -0.4 is 4.90 Å². The summed E-state index contributed by atoms with van der Waals surface area (Å²) in [5.74, 6) is 1.32. The summed E-state index contributed by atoms with van der Waals surface area (Å²) in [6.07, 6.45) is 2.57. The standard InChI is InChI=1S/C11H16ClN3O/c1-16-10-3-2-6-15(8-10)11-5-4-9(7-12)13-14-11/h4-5,10H,2-3,6-8H2,1H3. The van der Waals surface area contributed by atoms with Crippen molar-refractivity contribution in [3.63, 3.8) is 0 Å². The second kappa shape index (κ2) is 5.46. The van der Waals surface area contributed by atoms with E-state index in [1.165, 1.54) is 0 Å². The summed E-state index contributed by atoms with van der Waals surface area (Å²) in [5.41, 5.74) is 0.811. The van der Waals surface area contributed by atoms with Crippen LogP contribution in [0.3, 0.4) is 0 Å². The summed E-state index contributed by atoms with van der Waals surface area (Å²) < 4.78 is 5.38. The van der Waals surface area contributed by atoms with E-state index >= 15 is 0 Å². The maximum absolute atomic E-state index is 5.67. The zero-order chi connectivity index (χ0) is 11.4. The topological polar surface area (TPSA) is 38.2 Å². The molecule has 1 aromatic heterocycles. The molecule has 0 amide bonds. The van der Waals surface area contributed by atoms with Crippen molar-refractivity contribution in [1.82, 2.24) is 10.2 Å². The largest absolute Gasteiger partial charge is 0.380 e. The molecule has 0 bridgehead atoms. The molecule has 0 aliphatic carbocycles. The molecule has 1 saturated heterocycles. The van der Waals surface area contributed by atoms with Crippen molar-refractivity contribution in [2.24, 2.45) is 0 Å². The molecule has 1 aliphatic heterocycles. The first-order chi connectivity index (χ1) is 7.83. The predicted octanol–water partition coefficient (Wildman–Crippen LogP) is 1.83. The number of piperidine rings is 1. The lowest BCUT2D eigenvalue weighted by Gasteiger charge is -2.32. The van der Waals surface area contributed by atoms with Crippen molar-refractivity contribution in [3.8, 4) is 0 Å². The Balaban J connectivity index is 2.05. The Kier molecular flexibility index (Phi) is 3.96. The monoisotopic (exact) mass is 241 g/mol. The molecule has 1 atom stereocenters. The van der Waals surface area contributed by atoms with E-state index in [2.05, 4.69) is 15.1 Å². The molecule has 2 rings (SSSR count). The summed E-state index contributed by atoms with van der Waals surface area (Å²) in [6.45, 7) is 1.92. The number of ether oxygens (including phenoxy) is 1. The van der Waals surface area contributed by atoms with E-state index in [9.17, 15) is 0 Å². The first-order valence-electron chi connectivity index (χ1n) is 5.50. The minimum atomic E-state index is 0.309. The Morgan fingerprint density at radius 2 is 2.38 bits per heavy atom. The second-order valence-electron chi connectivity index (χ2n) is 3.96. The highest BCUT2D eigenvalue weighted by atomic mass is 35.5. The van der Waals surface area contributed by atoms with Gasteiger partial charge >= 0.3 is 0 Å². The van der Waals surface area contributed by atoms with Crippen LogP contribution in [0.25, 0.3) is 0 Å². The fourth-order valence-electron chi connectivity index (χ4n) is 1.93. The zero-order valence-electron chi connectivity index (χ0n) is 9.40. The predicted molar refractivity (Wildman–Crippen MR) is 63.8 cm³/mol. The molecule has 1 fully saturated rings. The molecular formula is C11H16ClN3O. The highest BCUT2D eigenvalue weighted by Crippen LogP contribution is 2.18. The lowest BCUT2D eigenvalue weighted by molar-refractivity contribution is 0.0891. The molecule has 2 heterocycles. The lowest BCUT2D eigenvalue weighted by atomic mass is 10.1. The third-order valence-electron chi connectivity index (χ3n) is 2.88. The molecule has 0 aromatic carbocycles. The number of halogens is 1. The number of nitrogens with zero attached hydrogens (tertiary/aromatic N) is 3. The molecule has 5 heteroatoms. The van der Waals surface area contributed by atoms with Crippen molar-refractivity contribution < 1.29 is 4.74 Å². The summed E-state index contributed by atoms with van der Waals surface area (Å²) in [4.78, 5) is 2.21. The average Bonchev–Trinajstić information content (AvgIpc) is 2.39. The smallest absolute Gasteiger partial charge is 0.151 e. The second-order valence-corrected chi connectivity index (χ2v) is 4.23. The maximum atomic E-state index is 5.67. The van der Waals surface area contributed by atoms with E-state index < -0.39 is 0 Å². The molecule has 0 saturated carbocycles. The van der Waals surface area contributed by atoms with Gasteiger partial charge in [-0.2, -0.15) is 5.10 Å². The van der Waals surface area contributed by atoms with Crippen molar-refractivity contribution in [3.05, 3.63) is 17.8 Å². The summed E-state index contributed by atoms with van der Waals surface area (Å²) in [6, 6.07) is 3.90. The van der Waals surface area contributed by atoms with Gasteiger partial charge in [0.05, 0.1) is 17.7 Å². The van der Waals surface area contributed by atoms with Gasteiger partial charge in [-0.15, -0.1) is 16.7 Å². The number of rotatable bonds is 3. The number of hydrogen-bond donors (Lipinski definition) is 0. The van der Waals surface area contributed by atoms with E-state index in [1.807, 2.05) is 12.1 Å². The van der Waals surface area contributed by atoms with E-state index in [0.29, 0.717) is 12.0 Å². The fraction of sp³-hybridized carbons (Fsp3) is 0.636. The molecule has 0 radical (unpaired) electrons. The van der Waals surface area contributed by atoms with Crippen LogP contribution in [0.4, 0.5) is 5.82 Å². The minimum absolute atomic E-state index is 0.309. The number of alkyl halides is 1. The number of hydrogen-bond acceptors (Lipinski definition) is 4. The SMILES string of the molecule is COC1CCCN(c2ccc(CCl)nn2)C1. The Hall–Kier alpha value is -0.870. The van der Waals surface area contributed by atoms with Crippen LogP contribution >= 0.6 is 11.6 Å². The Morgan fingerprint density at radius 1 is 1.50 bits per heavy atom. The molecule has 88 valence electrons. The molecular weight excluding hydrogens is 226 g/mol. The quantitative estimate of drug-likeness (QED) is 0.757. The Morgan fingerprint density at radius 3 is 3.00 bits per heavy atom. The number of methoxy groups -OCH3 is 1. The molecule has 0 N–H and O–H groups in total. The fourth-order valence-corrected chi connectivity index (χ4v) is 2.07. The van der Waals surface area contributed by atoms with E-state index in [1.54, 1.807) is 7.11 Å². The van der Waals surface area contributed by atoms with Gasteiger partial charge < -0.3 is 9.64 Å². The van der Waals surface area contributed by atoms with Gasteiger partial charge in [0.25, 0.3) is 0 Å². The van der Waals surface area contributed by atoms with Gasteiger partial charge in [-0.1, -0.05) is 0 Å². The lowest BCUT2D eigenvalue weighted by Crippen LogP contribution is -2.39. The van der Waals surface area contributed by atoms with Gasteiger partial charge in [0, 0.05) is 20.2 Å². The van der Waals surface area contributed by atoms with Crippen molar-refractivity contribution in [1.29, 1.82) is 0 Å². The first-order valence-corrected chi connectivity index (χ1v) is 6.03. The summed E-state index contributed by atoms with van der Waals surface area (Å²) in [7, 11) is 1.76. The normalized spacial score (nSPS) is 21.1. The highest BCUT2D eigenvalue weighted by Gasteiger charge is 2.20. The first kappa shape index (κ1) is 11.6. The molecule has 1 unspecified atom stereocenters. The highest BCUT2D eigenvalue weighted by molar-refractivity contribution is 6.16. The van der Waals surface area contributed by atoms with Gasteiger partial charge in [-0.05, 0) is 25.0 Å². The van der Waals surface area contributed by atoms with Gasteiger partial charge in [0.15, 0.2) is 5.82 Å². The summed E-state index contributed by atoms with van der Waals surface area (Å²) in [5, 5.41) is 8.24. The third-order valence-corrected chi connectivity index (χ3v) is 3.15. The zero-order valence-corrected chi connectivity index (χ0v) is 10.2. The minimum Gasteiger partial charge on any atom is -0.380 e. The number of anilines is 1. The van der Waals surface area contributed by atoms with Crippen LogP contribution in [0, 0.1) is 0 Å². The maximum Gasteiger partial charge on any atom is 0.151 e. The van der Waals surface area contributed by atoms with Gasteiger partial charge in [-0.25, -0.2) is 0 Å². The van der Waals surface area contributed by atoms with Gasteiger partial charge in [0.2, 0.25) is 0 Å². The van der Waals surface area contributed by atoms with Gasteiger partial charge in [-0.3, -0.25) is 0 Å². The van der Waals surface area contributed by atoms with Crippen LogP contribution in [0.2, 0.25) is 0 Å². The van der Waals surface area contributed by atoms with E-state index in [0.717, 1.165) is 37.4 Å². The van der Waals surface area contributed by atoms with E-state index in [4.69, 9.17) is 16.3 Å². The Labute approximate surface area is 101 Å². The molecule has 4 nitrogen and oxygen atoms in total. The van der Waals surface area contributed by atoms with Crippen LogP contribution in [0.1, 0.15) is 18.5 Å². The van der Waals surface area contributed by atoms with Gasteiger partial charge in [0.1, 0.15) is 0 Å². The molecule has 16 heavy (non-hydrogen) atoms. The van der Waals surface area contributed by atoms with Crippen molar-refractivity contribution in [2.75, 3.05) is 25.1 Å². The molecule has 0 spiro atoms. The number of aromatic nitrogens is 2. The Bertz CT molecular complexity index is 331. The van der Waals surface area contributed by atoms with Crippen LogP contribution in [-0.2, 0) is 10.6 Å². The molecule has 1 aliphatic rings. The third kappa shape index (κ3) is 2.62. The van der Waals surface area contributed by atoms with E-state index in [-0.39, 0.29) is 0 Å². The van der Waals surface area contributed by atoms with Crippen LogP contribution in [-0.4, -0.2) is 36.5 Å². The van der Waals surface area contributed by atoms with Crippen LogP contribution in [0.5, 0.6) is 0 Å². The average molecular weight is 242 g/mol. The van der Waals surface area contributed by atoms with Crippen molar-refractivity contribution >= 4 is 17.4 Å². The van der Waals surface area contributed by atoms with Crippen molar-refractivity contribution in [2.45, 2.75) is 24.8 Å². The molecule has 1 aromatic rings.